The van der Waals surface area contributed by atoms with Crippen molar-refractivity contribution in [1.29, 1.82) is 0 Å². The van der Waals surface area contributed by atoms with Crippen LogP contribution in [-0.4, -0.2) is 12.1 Å². The van der Waals surface area contributed by atoms with Gasteiger partial charge >= 0.3 is 0 Å². The minimum absolute atomic E-state index is 0.561. The van der Waals surface area contributed by atoms with Gasteiger partial charge in [0.1, 0.15) is 5.03 Å². The number of ether oxygens (including phenoxy) is 1. The molecule has 2 N–H and O–H groups in total. The third kappa shape index (κ3) is 3.09. The summed E-state index contributed by atoms with van der Waals surface area (Å²) in [5.41, 5.74) is 7.58. The first-order valence-corrected chi connectivity index (χ1v) is 6.74. The molecule has 0 radical (unpaired) electrons. The number of benzene rings is 1. The van der Waals surface area contributed by atoms with Gasteiger partial charge in [-0.2, -0.15) is 0 Å². The molecule has 94 valence electrons. The van der Waals surface area contributed by atoms with Crippen molar-refractivity contribution in [3.05, 3.63) is 47.0 Å². The Kier molecular flexibility index (Phi) is 4.33. The second-order valence-corrected chi connectivity index (χ2v) is 5.00. The standard InChI is InChI=1S/C13H13ClN2OS/c1-17-12-7-6-11(15)13(16-12)18-8-9-4-2-3-5-10(9)14/h2-7H,8,15H2,1H3. The largest absolute Gasteiger partial charge is 0.481 e. The Hall–Kier alpha value is -1.39. The van der Waals surface area contributed by atoms with Crippen LogP contribution < -0.4 is 10.5 Å². The van der Waals surface area contributed by atoms with Gasteiger partial charge in [0.2, 0.25) is 5.88 Å². The van der Waals surface area contributed by atoms with E-state index in [0.717, 1.165) is 21.4 Å². The van der Waals surface area contributed by atoms with Crippen LogP contribution in [0.25, 0.3) is 0 Å². The fourth-order valence-corrected chi connectivity index (χ4v) is 2.64. The van der Waals surface area contributed by atoms with Crippen molar-refractivity contribution >= 4 is 29.1 Å². The highest BCUT2D eigenvalue weighted by atomic mass is 35.5. The Balaban J connectivity index is 2.13. The summed E-state index contributed by atoms with van der Waals surface area (Å²) in [6.07, 6.45) is 0. The maximum atomic E-state index is 6.10. The quantitative estimate of drug-likeness (QED) is 0.869. The number of nitrogens with two attached hydrogens (primary N) is 1. The molecule has 1 heterocycles. The van der Waals surface area contributed by atoms with Crippen molar-refractivity contribution in [3.63, 3.8) is 0 Å². The summed E-state index contributed by atoms with van der Waals surface area (Å²) >= 11 is 7.64. The van der Waals surface area contributed by atoms with Crippen molar-refractivity contribution in [2.24, 2.45) is 0 Å². The van der Waals surface area contributed by atoms with E-state index >= 15 is 0 Å². The first-order chi connectivity index (χ1) is 8.70. The second-order valence-electron chi connectivity index (χ2n) is 3.63. The zero-order valence-corrected chi connectivity index (χ0v) is 11.5. The fourth-order valence-electron chi connectivity index (χ4n) is 1.43. The Morgan fingerprint density at radius 1 is 1.28 bits per heavy atom. The maximum Gasteiger partial charge on any atom is 0.214 e. The topological polar surface area (TPSA) is 48.1 Å². The molecular weight excluding hydrogens is 268 g/mol. The molecule has 2 aromatic rings. The Labute approximate surface area is 115 Å². The molecule has 1 aromatic carbocycles. The van der Waals surface area contributed by atoms with Crippen molar-refractivity contribution < 1.29 is 4.74 Å². The average molecular weight is 281 g/mol. The number of hydrogen-bond acceptors (Lipinski definition) is 4. The number of methoxy groups -OCH3 is 1. The summed E-state index contributed by atoms with van der Waals surface area (Å²) in [7, 11) is 1.58. The average Bonchev–Trinajstić information content (AvgIpc) is 2.39. The minimum Gasteiger partial charge on any atom is -0.481 e. The predicted molar refractivity (Wildman–Crippen MR) is 76.2 cm³/mol. The van der Waals surface area contributed by atoms with Gasteiger partial charge in [0.05, 0.1) is 12.8 Å². The van der Waals surface area contributed by atoms with Gasteiger partial charge in [0.15, 0.2) is 0 Å². The third-order valence-corrected chi connectivity index (χ3v) is 3.82. The molecule has 0 fully saturated rings. The van der Waals surface area contributed by atoms with E-state index in [0.29, 0.717) is 11.6 Å². The van der Waals surface area contributed by atoms with Gasteiger partial charge < -0.3 is 10.5 Å². The van der Waals surface area contributed by atoms with Crippen LogP contribution in [0, 0.1) is 0 Å². The monoisotopic (exact) mass is 280 g/mol. The van der Waals surface area contributed by atoms with Crippen LogP contribution in [0.15, 0.2) is 41.4 Å². The maximum absolute atomic E-state index is 6.10. The molecule has 5 heteroatoms. The highest BCUT2D eigenvalue weighted by molar-refractivity contribution is 7.98. The van der Waals surface area contributed by atoms with E-state index in [2.05, 4.69) is 4.98 Å². The van der Waals surface area contributed by atoms with Crippen LogP contribution >= 0.6 is 23.4 Å². The van der Waals surface area contributed by atoms with Gasteiger partial charge in [-0.25, -0.2) is 4.98 Å². The molecule has 0 aliphatic heterocycles. The number of rotatable bonds is 4. The van der Waals surface area contributed by atoms with Crippen LogP contribution in [0.1, 0.15) is 5.56 Å². The fraction of sp³-hybridized carbons (Fsp3) is 0.154. The van der Waals surface area contributed by atoms with Crippen LogP contribution in [0.5, 0.6) is 5.88 Å². The number of nitrogen functional groups attached to an aromatic ring is 1. The Morgan fingerprint density at radius 2 is 2.06 bits per heavy atom. The molecule has 0 saturated carbocycles. The molecule has 0 spiro atoms. The summed E-state index contributed by atoms with van der Waals surface area (Å²) < 4.78 is 5.08. The molecular formula is C13H13ClN2OS. The highest BCUT2D eigenvalue weighted by Crippen LogP contribution is 2.30. The molecule has 3 nitrogen and oxygen atoms in total. The number of aromatic nitrogens is 1. The van der Waals surface area contributed by atoms with Gasteiger partial charge in [0.25, 0.3) is 0 Å². The number of pyridine rings is 1. The smallest absolute Gasteiger partial charge is 0.214 e. The zero-order valence-electron chi connectivity index (χ0n) is 9.89. The lowest BCUT2D eigenvalue weighted by molar-refractivity contribution is 0.395. The van der Waals surface area contributed by atoms with Gasteiger partial charge in [-0.1, -0.05) is 41.6 Å². The highest BCUT2D eigenvalue weighted by Gasteiger charge is 2.06. The normalized spacial score (nSPS) is 10.3. The van der Waals surface area contributed by atoms with Gasteiger partial charge in [-0.3, -0.25) is 0 Å². The molecule has 0 saturated heterocycles. The molecule has 0 aliphatic rings. The number of anilines is 1. The molecule has 0 bridgehead atoms. The molecule has 18 heavy (non-hydrogen) atoms. The molecule has 0 amide bonds. The summed E-state index contributed by atoms with van der Waals surface area (Å²) in [6.45, 7) is 0. The number of nitrogens with zero attached hydrogens (tertiary/aromatic N) is 1. The van der Waals surface area contributed by atoms with Crippen molar-refractivity contribution in [3.8, 4) is 5.88 Å². The second kappa shape index (κ2) is 5.98. The van der Waals surface area contributed by atoms with E-state index in [1.54, 1.807) is 31.0 Å². The van der Waals surface area contributed by atoms with Gasteiger partial charge in [0, 0.05) is 16.8 Å². The summed E-state index contributed by atoms with van der Waals surface area (Å²) in [5.74, 6) is 1.29. The number of thioether (sulfide) groups is 1. The van der Waals surface area contributed by atoms with E-state index in [9.17, 15) is 0 Å². The first-order valence-electron chi connectivity index (χ1n) is 5.37. The first kappa shape index (κ1) is 13.1. The molecule has 0 unspecified atom stereocenters. The lowest BCUT2D eigenvalue weighted by atomic mass is 10.2. The summed E-state index contributed by atoms with van der Waals surface area (Å²) in [4.78, 5) is 4.31. The lowest BCUT2D eigenvalue weighted by Crippen LogP contribution is -1.95. The summed E-state index contributed by atoms with van der Waals surface area (Å²) in [5, 5.41) is 1.51. The van der Waals surface area contributed by atoms with Crippen molar-refractivity contribution in [2.45, 2.75) is 10.8 Å². The summed E-state index contributed by atoms with van der Waals surface area (Å²) in [6, 6.07) is 11.3. The van der Waals surface area contributed by atoms with Crippen molar-refractivity contribution in [1.82, 2.24) is 4.98 Å². The van der Waals surface area contributed by atoms with Gasteiger partial charge in [-0.05, 0) is 17.7 Å². The number of halogens is 1. The molecule has 0 atom stereocenters. The van der Waals surface area contributed by atoms with E-state index in [1.165, 1.54) is 0 Å². The Bertz CT molecular complexity index is 548. The molecule has 0 aliphatic carbocycles. The molecule has 2 rings (SSSR count). The van der Waals surface area contributed by atoms with E-state index in [-0.39, 0.29) is 0 Å². The predicted octanol–water partition coefficient (Wildman–Crippen LogP) is 3.62. The van der Waals surface area contributed by atoms with Crippen LogP contribution in [0.3, 0.4) is 0 Å². The minimum atomic E-state index is 0.561. The molecule has 1 aromatic heterocycles. The van der Waals surface area contributed by atoms with Crippen LogP contribution in [0.4, 0.5) is 5.69 Å². The van der Waals surface area contributed by atoms with E-state index < -0.39 is 0 Å². The SMILES string of the molecule is COc1ccc(N)c(SCc2ccccc2Cl)n1. The third-order valence-electron chi connectivity index (χ3n) is 2.40. The van der Waals surface area contributed by atoms with Gasteiger partial charge in [-0.15, -0.1) is 0 Å². The van der Waals surface area contributed by atoms with E-state index in [4.69, 9.17) is 22.1 Å². The Morgan fingerprint density at radius 3 is 2.78 bits per heavy atom. The van der Waals surface area contributed by atoms with E-state index in [1.807, 2.05) is 24.3 Å². The van der Waals surface area contributed by atoms with Crippen LogP contribution in [-0.2, 0) is 5.75 Å². The zero-order chi connectivity index (χ0) is 13.0. The van der Waals surface area contributed by atoms with Crippen LogP contribution in [0.2, 0.25) is 5.02 Å². The van der Waals surface area contributed by atoms with Crippen molar-refractivity contribution in [2.75, 3.05) is 12.8 Å². The lowest BCUT2D eigenvalue weighted by Gasteiger charge is -2.07. The number of hydrogen-bond donors (Lipinski definition) is 1.